The number of amides is 1. The highest BCUT2D eigenvalue weighted by Gasteiger charge is 2.58. The minimum atomic E-state index is -0.974. The van der Waals surface area contributed by atoms with Crippen molar-refractivity contribution in [3.8, 4) is 22.5 Å². The monoisotopic (exact) mass is 536 g/mol. The van der Waals surface area contributed by atoms with Crippen LogP contribution in [0, 0.1) is 23.5 Å². The molecule has 1 amide bonds. The Morgan fingerprint density at radius 1 is 1.13 bits per heavy atom. The number of aromatic nitrogens is 5. The van der Waals surface area contributed by atoms with E-state index in [9.17, 15) is 18.4 Å². The molecule has 2 unspecified atom stereocenters. The molecule has 8 nitrogen and oxygen atoms in total. The second-order valence-electron chi connectivity index (χ2n) is 9.95. The molecule has 3 atom stereocenters. The fourth-order valence-corrected chi connectivity index (χ4v) is 5.67. The number of nitrogens with zero attached hydrogens (tertiary/aromatic N) is 5. The van der Waals surface area contributed by atoms with Crippen molar-refractivity contribution in [2.45, 2.75) is 31.7 Å². The number of aryl methyl sites for hydroxylation is 1. The lowest BCUT2D eigenvalue weighted by molar-refractivity contribution is -0.119. The first-order valence-corrected chi connectivity index (χ1v) is 12.6. The summed E-state index contributed by atoms with van der Waals surface area (Å²) in [7, 11) is 1.79. The van der Waals surface area contributed by atoms with E-state index in [1.165, 1.54) is 10.9 Å². The number of nitrogens with one attached hydrogen (secondary N) is 1. The Hall–Kier alpha value is -3.92. The summed E-state index contributed by atoms with van der Waals surface area (Å²) < 4.78 is 32.3. The van der Waals surface area contributed by atoms with Crippen LogP contribution in [0.15, 0.2) is 53.8 Å². The molecule has 1 saturated carbocycles. The summed E-state index contributed by atoms with van der Waals surface area (Å²) in [5.74, 6) is -2.19. The lowest BCUT2D eigenvalue weighted by Gasteiger charge is -2.23. The van der Waals surface area contributed by atoms with E-state index < -0.39 is 28.3 Å². The predicted molar refractivity (Wildman–Crippen MR) is 138 cm³/mol. The van der Waals surface area contributed by atoms with Gasteiger partial charge in [0.25, 0.3) is 5.56 Å². The predicted octanol–water partition coefficient (Wildman–Crippen LogP) is 4.77. The lowest BCUT2D eigenvalue weighted by atomic mass is 9.97. The Balaban J connectivity index is 1.50. The topological polar surface area (TPSA) is 94.7 Å². The number of carbonyl (C=O) groups is 1. The Morgan fingerprint density at radius 3 is 2.74 bits per heavy atom. The molecule has 4 heterocycles. The average Bonchev–Trinajstić information content (AvgIpc) is 3.52. The van der Waals surface area contributed by atoms with Gasteiger partial charge >= 0.3 is 0 Å². The van der Waals surface area contributed by atoms with Crippen LogP contribution >= 0.6 is 11.6 Å². The SMILES string of the molecule is C[C@@H]1CCC2CC2(n2cnc(-c3c(F)ccc(Cl)c3F)cc2=O)c2cc(ccn2)-c2c(cnn2C)NC1=O. The largest absolute Gasteiger partial charge is 0.323 e. The first kappa shape index (κ1) is 24.4. The van der Waals surface area contributed by atoms with Crippen molar-refractivity contribution in [2.24, 2.45) is 18.9 Å². The molecule has 1 aliphatic heterocycles. The maximum absolute atomic E-state index is 14.6. The van der Waals surface area contributed by atoms with Crippen LogP contribution in [-0.4, -0.2) is 30.2 Å². The number of pyridine rings is 1. The number of anilines is 1. The molecule has 11 heteroatoms. The van der Waals surface area contributed by atoms with Gasteiger partial charge in [-0.25, -0.2) is 13.8 Å². The molecular weight excluding hydrogens is 514 g/mol. The minimum Gasteiger partial charge on any atom is -0.323 e. The van der Waals surface area contributed by atoms with Gasteiger partial charge < -0.3 is 5.32 Å². The highest BCUT2D eigenvalue weighted by atomic mass is 35.5. The number of halogens is 3. The molecule has 0 radical (unpaired) electrons. The summed E-state index contributed by atoms with van der Waals surface area (Å²) in [6, 6.07) is 7.00. The molecule has 3 aromatic heterocycles. The zero-order valence-electron chi connectivity index (χ0n) is 20.6. The van der Waals surface area contributed by atoms with E-state index >= 15 is 0 Å². The summed E-state index contributed by atoms with van der Waals surface area (Å²) in [5.41, 5.74) is 0.895. The van der Waals surface area contributed by atoms with Gasteiger partial charge in [0.05, 0.1) is 51.4 Å². The first-order chi connectivity index (χ1) is 18.2. The van der Waals surface area contributed by atoms with E-state index in [1.807, 2.05) is 19.1 Å². The minimum absolute atomic E-state index is 0.0101. The molecule has 0 spiro atoms. The van der Waals surface area contributed by atoms with Gasteiger partial charge in [0.2, 0.25) is 5.91 Å². The van der Waals surface area contributed by atoms with Crippen molar-refractivity contribution in [3.63, 3.8) is 0 Å². The van der Waals surface area contributed by atoms with Crippen LogP contribution in [0.4, 0.5) is 14.5 Å². The summed E-state index contributed by atoms with van der Waals surface area (Å²) >= 11 is 5.85. The molecule has 1 aromatic carbocycles. The van der Waals surface area contributed by atoms with Crippen LogP contribution in [0.25, 0.3) is 22.5 Å². The van der Waals surface area contributed by atoms with Gasteiger partial charge in [0.1, 0.15) is 5.82 Å². The molecule has 194 valence electrons. The standard InChI is InChI=1S/C27H23ClF2N6O2/c1-14-3-4-16-11-27(16,21-9-15(7-8-31-21)25-20(34-26(14)38)12-33-35(25)2)36-13-32-19(10-22(36)37)23-18(29)6-5-17(28)24(23)30/h5-10,12-14,16H,3-4,11H2,1-2H3,(H,34,38)/t14-,16?,27?/m1/s1. The maximum atomic E-state index is 14.6. The maximum Gasteiger partial charge on any atom is 0.254 e. The smallest absolute Gasteiger partial charge is 0.254 e. The Bertz CT molecular complexity index is 1670. The van der Waals surface area contributed by atoms with Crippen molar-refractivity contribution < 1.29 is 13.6 Å². The van der Waals surface area contributed by atoms with Crippen molar-refractivity contribution in [1.82, 2.24) is 24.3 Å². The number of hydrogen-bond acceptors (Lipinski definition) is 5. The van der Waals surface area contributed by atoms with Gasteiger partial charge in [-0.1, -0.05) is 18.5 Å². The van der Waals surface area contributed by atoms with Crippen LogP contribution in [0.2, 0.25) is 5.02 Å². The number of hydrogen-bond donors (Lipinski definition) is 1. The van der Waals surface area contributed by atoms with Crippen LogP contribution < -0.4 is 10.9 Å². The number of fused-ring (bicyclic) bond motifs is 6. The molecule has 0 saturated heterocycles. The average molecular weight is 537 g/mol. The number of carbonyl (C=O) groups excluding carboxylic acids is 1. The summed E-state index contributed by atoms with van der Waals surface area (Å²) in [4.78, 5) is 35.3. The van der Waals surface area contributed by atoms with Gasteiger partial charge in [-0.3, -0.25) is 23.8 Å². The highest BCUT2D eigenvalue weighted by Crippen LogP contribution is 2.57. The Labute approximate surface area is 221 Å². The van der Waals surface area contributed by atoms with E-state index in [-0.39, 0.29) is 28.5 Å². The summed E-state index contributed by atoms with van der Waals surface area (Å²) in [5, 5.41) is 7.06. The Kier molecular flexibility index (Phi) is 5.68. The fourth-order valence-electron chi connectivity index (χ4n) is 5.51. The third kappa shape index (κ3) is 3.74. The molecule has 2 bridgehead atoms. The molecule has 1 N–H and O–H groups in total. The van der Waals surface area contributed by atoms with Gasteiger partial charge in [0.15, 0.2) is 5.82 Å². The van der Waals surface area contributed by atoms with Crippen molar-refractivity contribution in [1.29, 1.82) is 0 Å². The van der Waals surface area contributed by atoms with Gasteiger partial charge in [0, 0.05) is 30.8 Å². The first-order valence-electron chi connectivity index (χ1n) is 12.2. The van der Waals surface area contributed by atoms with E-state index in [0.29, 0.717) is 30.6 Å². The van der Waals surface area contributed by atoms with Gasteiger partial charge in [-0.15, -0.1) is 0 Å². The second-order valence-corrected chi connectivity index (χ2v) is 10.4. The summed E-state index contributed by atoms with van der Waals surface area (Å²) in [6.07, 6.45) is 6.49. The zero-order chi connectivity index (χ0) is 26.8. The van der Waals surface area contributed by atoms with E-state index in [0.717, 1.165) is 29.5 Å². The quantitative estimate of drug-likeness (QED) is 0.372. The van der Waals surface area contributed by atoms with E-state index in [1.54, 1.807) is 24.1 Å². The third-order valence-corrected chi connectivity index (χ3v) is 7.97. The van der Waals surface area contributed by atoms with E-state index in [4.69, 9.17) is 11.6 Å². The molecular formula is C27H23ClF2N6O2. The molecule has 2 aliphatic rings. The van der Waals surface area contributed by atoms with Crippen LogP contribution in [0.3, 0.4) is 0 Å². The van der Waals surface area contributed by atoms with Crippen molar-refractivity contribution in [3.05, 3.63) is 81.8 Å². The third-order valence-electron chi connectivity index (χ3n) is 7.68. The normalized spacial score (nSPS) is 22.5. The van der Waals surface area contributed by atoms with Gasteiger partial charge in [-0.2, -0.15) is 5.10 Å². The summed E-state index contributed by atoms with van der Waals surface area (Å²) in [6.45, 7) is 1.87. The lowest BCUT2D eigenvalue weighted by Crippen LogP contribution is -2.34. The molecule has 1 fully saturated rings. The second kappa shape index (κ2) is 8.83. The van der Waals surface area contributed by atoms with Gasteiger partial charge in [-0.05, 0) is 49.4 Å². The van der Waals surface area contributed by atoms with Crippen LogP contribution in [-0.2, 0) is 17.4 Å². The number of rotatable bonds is 2. The highest BCUT2D eigenvalue weighted by molar-refractivity contribution is 6.31. The van der Waals surface area contributed by atoms with Crippen molar-refractivity contribution >= 4 is 23.2 Å². The molecule has 6 rings (SSSR count). The van der Waals surface area contributed by atoms with Crippen molar-refractivity contribution in [2.75, 3.05) is 5.32 Å². The van der Waals surface area contributed by atoms with Crippen LogP contribution in [0.1, 0.15) is 31.9 Å². The zero-order valence-corrected chi connectivity index (χ0v) is 21.3. The van der Waals surface area contributed by atoms with Crippen LogP contribution in [0.5, 0.6) is 0 Å². The Morgan fingerprint density at radius 2 is 1.95 bits per heavy atom. The molecule has 38 heavy (non-hydrogen) atoms. The molecule has 4 aromatic rings. The van der Waals surface area contributed by atoms with E-state index in [2.05, 4.69) is 20.4 Å². The fraction of sp³-hybridized carbons (Fsp3) is 0.296. The number of benzene rings is 1. The molecule has 1 aliphatic carbocycles.